The molecular weight excluding hydrogens is 475 g/mol. The number of pyridine rings is 1. The van der Waals surface area contributed by atoms with Gasteiger partial charge < -0.3 is 9.72 Å². The van der Waals surface area contributed by atoms with Crippen LogP contribution >= 0.6 is 0 Å². The molecule has 1 aliphatic rings. The smallest absolute Gasteiger partial charge is 0.309 e. The first-order valence-electron chi connectivity index (χ1n) is 12.5. The minimum Gasteiger partial charge on any atom is -0.466 e. The minimum atomic E-state index is -0.535. The van der Waals surface area contributed by atoms with Crippen LogP contribution in [-0.2, 0) is 16.1 Å². The van der Waals surface area contributed by atoms with Gasteiger partial charge in [-0.25, -0.2) is 9.07 Å². The number of esters is 1. The van der Waals surface area contributed by atoms with Gasteiger partial charge in [0.05, 0.1) is 19.1 Å². The van der Waals surface area contributed by atoms with Gasteiger partial charge in [-0.05, 0) is 78.4 Å². The van der Waals surface area contributed by atoms with Crippen LogP contribution in [0.4, 0.5) is 4.39 Å². The van der Waals surface area contributed by atoms with Gasteiger partial charge in [0, 0.05) is 24.2 Å². The molecule has 9 nitrogen and oxygen atoms in total. The van der Waals surface area contributed by atoms with Crippen molar-refractivity contribution < 1.29 is 13.9 Å². The molecule has 1 aliphatic heterocycles. The molecule has 10 heteroatoms. The van der Waals surface area contributed by atoms with Crippen molar-refractivity contribution in [1.29, 1.82) is 0 Å². The van der Waals surface area contributed by atoms with Crippen molar-refractivity contribution >= 4 is 16.9 Å². The number of aryl methyl sites for hydroxylation is 1. The highest BCUT2D eigenvalue weighted by molar-refractivity contribution is 5.79. The van der Waals surface area contributed by atoms with Crippen molar-refractivity contribution in [2.24, 2.45) is 5.92 Å². The van der Waals surface area contributed by atoms with E-state index in [2.05, 4.69) is 25.4 Å². The third-order valence-electron chi connectivity index (χ3n) is 6.89. The number of nitrogens with zero attached hydrogens (tertiary/aromatic N) is 5. The summed E-state index contributed by atoms with van der Waals surface area (Å²) in [4.78, 5) is 30.9. The molecule has 0 saturated carbocycles. The summed E-state index contributed by atoms with van der Waals surface area (Å²) in [7, 11) is 0. The van der Waals surface area contributed by atoms with Crippen molar-refractivity contribution in [3.8, 4) is 0 Å². The Morgan fingerprint density at radius 1 is 1.16 bits per heavy atom. The molecule has 0 unspecified atom stereocenters. The molecule has 0 aliphatic carbocycles. The summed E-state index contributed by atoms with van der Waals surface area (Å²) in [6.45, 7) is 5.63. The maximum atomic E-state index is 13.4. The first-order valence-corrected chi connectivity index (χ1v) is 12.5. The number of H-pyrrole nitrogens is 1. The number of carbonyl (C=O) groups excluding carboxylic acids is 1. The standard InChI is InChI=1S/C27H29FN6O3/c1-3-37-27(36)19-10-12-33(13-11-19)24(22-15-20-14-17(2)4-9-23(20)29-26(22)35)25-30-31-32-34(25)16-18-5-7-21(28)8-6-18/h4-9,14-15,19,24H,3,10-13,16H2,1-2H3,(H,29,35)/t24-/m0/s1. The largest absolute Gasteiger partial charge is 0.466 e. The zero-order chi connectivity index (χ0) is 25.9. The highest BCUT2D eigenvalue weighted by Gasteiger charge is 2.35. The predicted molar refractivity (Wildman–Crippen MR) is 135 cm³/mol. The fraction of sp³-hybridized carbons (Fsp3) is 0.370. The maximum absolute atomic E-state index is 13.4. The second-order valence-electron chi connectivity index (χ2n) is 9.43. The van der Waals surface area contributed by atoms with Crippen molar-refractivity contribution in [2.75, 3.05) is 19.7 Å². The van der Waals surface area contributed by atoms with Gasteiger partial charge in [-0.15, -0.1) is 5.10 Å². The number of ether oxygens (including phenoxy) is 1. The number of piperidine rings is 1. The molecule has 1 saturated heterocycles. The summed E-state index contributed by atoms with van der Waals surface area (Å²) in [5.74, 6) is -0.166. The molecule has 0 spiro atoms. The molecule has 2 aromatic carbocycles. The van der Waals surface area contributed by atoms with Gasteiger partial charge >= 0.3 is 5.97 Å². The molecule has 1 fully saturated rings. The first kappa shape index (κ1) is 24.8. The fourth-order valence-corrected chi connectivity index (χ4v) is 4.98. The van der Waals surface area contributed by atoms with Crippen molar-refractivity contribution in [2.45, 2.75) is 39.3 Å². The van der Waals surface area contributed by atoms with Crippen LogP contribution in [0.2, 0.25) is 0 Å². The van der Waals surface area contributed by atoms with E-state index in [9.17, 15) is 14.0 Å². The van der Waals surface area contributed by atoms with E-state index in [1.54, 1.807) is 23.7 Å². The number of carbonyl (C=O) groups is 1. The lowest BCUT2D eigenvalue weighted by atomic mass is 9.93. The van der Waals surface area contributed by atoms with E-state index in [0.717, 1.165) is 22.0 Å². The van der Waals surface area contributed by atoms with E-state index in [1.165, 1.54) is 12.1 Å². The summed E-state index contributed by atoms with van der Waals surface area (Å²) < 4.78 is 20.3. The van der Waals surface area contributed by atoms with Crippen LogP contribution in [0.1, 0.15) is 48.3 Å². The summed E-state index contributed by atoms with van der Waals surface area (Å²) in [5.41, 5.74) is 2.98. The normalized spacial score (nSPS) is 15.6. The van der Waals surface area contributed by atoms with Crippen LogP contribution in [0.15, 0.2) is 53.3 Å². The molecule has 192 valence electrons. The monoisotopic (exact) mass is 504 g/mol. The minimum absolute atomic E-state index is 0.176. The van der Waals surface area contributed by atoms with E-state index >= 15 is 0 Å². The number of hydrogen-bond acceptors (Lipinski definition) is 7. The van der Waals surface area contributed by atoms with E-state index < -0.39 is 6.04 Å². The third kappa shape index (κ3) is 5.29. The number of aromatic amines is 1. The number of tetrazole rings is 1. The number of rotatable bonds is 7. The van der Waals surface area contributed by atoms with Crippen LogP contribution in [-0.4, -0.2) is 55.8 Å². The first-order chi connectivity index (χ1) is 17.9. The molecule has 1 N–H and O–H groups in total. The summed E-state index contributed by atoms with van der Waals surface area (Å²) in [6.07, 6.45) is 1.22. The number of aromatic nitrogens is 5. The highest BCUT2D eigenvalue weighted by Crippen LogP contribution is 2.31. The molecule has 0 radical (unpaired) electrons. The van der Waals surface area contributed by atoms with Crippen molar-refractivity contribution in [1.82, 2.24) is 30.1 Å². The van der Waals surface area contributed by atoms with Crippen LogP contribution in [0.5, 0.6) is 0 Å². The average molecular weight is 505 g/mol. The molecule has 0 bridgehead atoms. The maximum Gasteiger partial charge on any atom is 0.309 e. The third-order valence-corrected chi connectivity index (χ3v) is 6.89. The van der Waals surface area contributed by atoms with E-state index in [-0.39, 0.29) is 23.3 Å². The molecule has 2 aromatic heterocycles. The van der Waals surface area contributed by atoms with Gasteiger partial charge in [-0.2, -0.15) is 0 Å². The van der Waals surface area contributed by atoms with Gasteiger partial charge in [0.15, 0.2) is 5.82 Å². The summed E-state index contributed by atoms with van der Waals surface area (Å²) in [6, 6.07) is 13.4. The Labute approximate surface area is 213 Å². The van der Waals surface area contributed by atoms with Crippen LogP contribution in [0.3, 0.4) is 0 Å². The molecule has 3 heterocycles. The van der Waals surface area contributed by atoms with Gasteiger partial charge in [0.2, 0.25) is 0 Å². The fourth-order valence-electron chi connectivity index (χ4n) is 4.98. The second-order valence-corrected chi connectivity index (χ2v) is 9.43. The molecule has 4 aromatic rings. The predicted octanol–water partition coefficient (Wildman–Crippen LogP) is 3.37. The Balaban J connectivity index is 1.54. The van der Waals surface area contributed by atoms with E-state index in [1.807, 2.05) is 31.2 Å². The Hall–Kier alpha value is -3.92. The lowest BCUT2D eigenvalue weighted by Crippen LogP contribution is -2.42. The topological polar surface area (TPSA) is 106 Å². The van der Waals surface area contributed by atoms with Crippen molar-refractivity contribution in [3.05, 3.63) is 87.2 Å². The van der Waals surface area contributed by atoms with Gasteiger partial charge in [0.1, 0.15) is 11.9 Å². The Kier molecular flexibility index (Phi) is 7.09. The molecule has 0 amide bonds. The lowest BCUT2D eigenvalue weighted by molar-refractivity contribution is -0.149. The number of likely N-dealkylation sites (tertiary alicyclic amines) is 1. The zero-order valence-corrected chi connectivity index (χ0v) is 20.9. The Bertz CT molecular complexity index is 1460. The molecule has 1 atom stereocenters. The highest BCUT2D eigenvalue weighted by atomic mass is 19.1. The van der Waals surface area contributed by atoms with Crippen LogP contribution < -0.4 is 5.56 Å². The SMILES string of the molecule is CCOC(=O)C1CCN([C@@H](c2cc3cc(C)ccc3[nH]c2=O)c2nnnn2Cc2ccc(F)cc2)CC1. The van der Waals surface area contributed by atoms with Gasteiger partial charge in [-0.1, -0.05) is 23.8 Å². The van der Waals surface area contributed by atoms with Gasteiger partial charge in [0.25, 0.3) is 5.56 Å². The summed E-state index contributed by atoms with van der Waals surface area (Å²) in [5, 5.41) is 13.4. The number of benzene rings is 2. The van der Waals surface area contributed by atoms with Crippen LogP contribution in [0.25, 0.3) is 10.9 Å². The number of halogens is 1. The summed E-state index contributed by atoms with van der Waals surface area (Å²) >= 11 is 0. The second kappa shape index (κ2) is 10.6. The number of hydrogen-bond donors (Lipinski definition) is 1. The molecule has 5 rings (SSSR count). The number of nitrogens with one attached hydrogen (secondary N) is 1. The quantitative estimate of drug-likeness (QED) is 0.385. The number of fused-ring (bicyclic) bond motifs is 1. The average Bonchev–Trinajstić information content (AvgIpc) is 3.34. The molecular formula is C27H29FN6O3. The Morgan fingerprint density at radius 2 is 1.92 bits per heavy atom. The Morgan fingerprint density at radius 3 is 2.65 bits per heavy atom. The van der Waals surface area contributed by atoms with Crippen molar-refractivity contribution in [3.63, 3.8) is 0 Å². The van der Waals surface area contributed by atoms with E-state index in [4.69, 9.17) is 4.74 Å². The van der Waals surface area contributed by atoms with Gasteiger partial charge in [-0.3, -0.25) is 14.5 Å². The zero-order valence-electron chi connectivity index (χ0n) is 20.9. The lowest BCUT2D eigenvalue weighted by Gasteiger charge is -2.36. The van der Waals surface area contributed by atoms with Crippen LogP contribution in [0, 0.1) is 18.7 Å². The van der Waals surface area contributed by atoms with E-state index in [0.29, 0.717) is 50.5 Å². The molecule has 37 heavy (non-hydrogen) atoms.